The number of Topliss-reactive ketones (excluding diaryl/α,β-unsaturated/α-hetero) is 1. The first-order chi connectivity index (χ1) is 8.50. The van der Waals surface area contributed by atoms with Gasteiger partial charge in [-0.25, -0.2) is 0 Å². The molecular weight excluding hydrogens is 250 g/mol. The molecule has 0 amide bonds. The largest absolute Gasteiger partial charge is 0.292 e. The minimum absolute atomic E-state index is 0.0360. The van der Waals surface area contributed by atoms with Gasteiger partial charge in [0.1, 0.15) is 10.8 Å². The molecule has 0 aromatic carbocycles. The molecule has 0 N–H and O–H groups in total. The van der Waals surface area contributed by atoms with Crippen LogP contribution >= 0.6 is 11.6 Å². The number of halogens is 1. The highest BCUT2D eigenvalue weighted by atomic mass is 35.5. The summed E-state index contributed by atoms with van der Waals surface area (Å²) in [7, 11) is 1.76. The van der Waals surface area contributed by atoms with Crippen LogP contribution in [0.25, 0.3) is 0 Å². The second-order valence-corrected chi connectivity index (χ2v) is 4.61. The molecule has 0 atom stereocenters. The van der Waals surface area contributed by atoms with Crippen molar-refractivity contribution in [3.8, 4) is 0 Å². The predicted octanol–water partition coefficient (Wildman–Crippen LogP) is 2.51. The third-order valence-electron chi connectivity index (χ3n) is 2.88. The Hall–Kier alpha value is -1.68. The third kappa shape index (κ3) is 2.29. The second-order valence-electron chi connectivity index (χ2n) is 4.25. The molecule has 0 saturated heterocycles. The topological polar surface area (TPSA) is 47.8 Å². The van der Waals surface area contributed by atoms with Gasteiger partial charge in [-0.05, 0) is 25.5 Å². The molecule has 2 heterocycles. The van der Waals surface area contributed by atoms with Crippen molar-refractivity contribution in [2.45, 2.75) is 20.3 Å². The van der Waals surface area contributed by atoms with Gasteiger partial charge in [0.2, 0.25) is 0 Å². The van der Waals surface area contributed by atoms with Crippen LogP contribution in [-0.4, -0.2) is 20.5 Å². The average molecular weight is 264 g/mol. The average Bonchev–Trinajstić information content (AvgIpc) is 2.56. The lowest BCUT2D eigenvalue weighted by Gasteiger charge is -2.03. The fourth-order valence-corrected chi connectivity index (χ4v) is 2.14. The Bertz CT molecular complexity index is 604. The van der Waals surface area contributed by atoms with E-state index in [0.717, 1.165) is 16.8 Å². The Morgan fingerprint density at radius 1 is 1.44 bits per heavy atom. The first-order valence-electron chi connectivity index (χ1n) is 5.63. The Kier molecular flexibility index (Phi) is 3.48. The summed E-state index contributed by atoms with van der Waals surface area (Å²) in [5.74, 6) is -0.0360. The van der Waals surface area contributed by atoms with Crippen molar-refractivity contribution in [3.05, 3.63) is 46.0 Å². The maximum atomic E-state index is 12.2. The number of pyridine rings is 1. The molecule has 4 nitrogen and oxygen atoms in total. The van der Waals surface area contributed by atoms with E-state index >= 15 is 0 Å². The summed E-state index contributed by atoms with van der Waals surface area (Å²) in [6, 6.07) is 3.69. The highest BCUT2D eigenvalue weighted by Gasteiger charge is 2.17. The molecule has 2 rings (SSSR count). The maximum absolute atomic E-state index is 12.2. The van der Waals surface area contributed by atoms with Crippen LogP contribution in [-0.2, 0) is 13.5 Å². The molecule has 2 aromatic heterocycles. The molecule has 18 heavy (non-hydrogen) atoms. The molecule has 0 unspecified atom stereocenters. The van der Waals surface area contributed by atoms with Gasteiger partial charge in [-0.1, -0.05) is 17.7 Å². The van der Waals surface area contributed by atoms with E-state index in [9.17, 15) is 4.79 Å². The first kappa shape index (κ1) is 12.8. The molecule has 0 spiro atoms. The summed E-state index contributed by atoms with van der Waals surface area (Å²) in [6.45, 7) is 3.72. The summed E-state index contributed by atoms with van der Waals surface area (Å²) in [6.07, 6.45) is 1.86. The van der Waals surface area contributed by atoms with Gasteiger partial charge in [0.05, 0.1) is 5.69 Å². The van der Waals surface area contributed by atoms with Gasteiger partial charge < -0.3 is 0 Å². The molecule has 0 aliphatic rings. The zero-order valence-corrected chi connectivity index (χ0v) is 11.3. The summed E-state index contributed by atoms with van der Waals surface area (Å²) in [5.41, 5.74) is 2.93. The van der Waals surface area contributed by atoms with Crippen molar-refractivity contribution in [2.75, 3.05) is 0 Å². The van der Waals surface area contributed by atoms with Crippen LogP contribution in [0.15, 0.2) is 18.3 Å². The van der Waals surface area contributed by atoms with Crippen molar-refractivity contribution < 1.29 is 4.79 Å². The van der Waals surface area contributed by atoms with E-state index in [4.69, 9.17) is 11.6 Å². The van der Waals surface area contributed by atoms with E-state index in [0.29, 0.717) is 10.8 Å². The Labute approximate surface area is 111 Å². The number of carbonyl (C=O) groups excluding carboxylic acids is 1. The third-order valence-corrected chi connectivity index (χ3v) is 3.35. The van der Waals surface area contributed by atoms with Crippen molar-refractivity contribution in [1.29, 1.82) is 0 Å². The quantitative estimate of drug-likeness (QED) is 0.800. The van der Waals surface area contributed by atoms with Crippen molar-refractivity contribution >= 4 is 17.4 Å². The lowest BCUT2D eigenvalue weighted by molar-refractivity contribution is 0.0987. The van der Waals surface area contributed by atoms with E-state index in [1.54, 1.807) is 17.9 Å². The lowest BCUT2D eigenvalue weighted by Crippen LogP contribution is -2.08. The van der Waals surface area contributed by atoms with Gasteiger partial charge in [0, 0.05) is 25.2 Å². The van der Waals surface area contributed by atoms with E-state index in [-0.39, 0.29) is 12.2 Å². The zero-order valence-electron chi connectivity index (χ0n) is 10.6. The SMILES string of the molecule is Cc1cccnc1C(=O)Cc1c(C)nn(C)c1Cl. The fraction of sp³-hybridized carbons (Fsp3) is 0.308. The molecular formula is C13H14ClN3O. The van der Waals surface area contributed by atoms with Crippen LogP contribution in [0, 0.1) is 13.8 Å². The van der Waals surface area contributed by atoms with Crippen LogP contribution in [0.5, 0.6) is 0 Å². The number of hydrogen-bond donors (Lipinski definition) is 0. The van der Waals surface area contributed by atoms with E-state index in [2.05, 4.69) is 10.1 Å². The van der Waals surface area contributed by atoms with Crippen molar-refractivity contribution in [3.63, 3.8) is 0 Å². The van der Waals surface area contributed by atoms with E-state index < -0.39 is 0 Å². The molecule has 0 saturated carbocycles. The summed E-state index contributed by atoms with van der Waals surface area (Å²) in [5, 5.41) is 4.70. The van der Waals surface area contributed by atoms with Gasteiger partial charge in [0.15, 0.2) is 5.78 Å². The van der Waals surface area contributed by atoms with Crippen LogP contribution < -0.4 is 0 Å². The van der Waals surface area contributed by atoms with Gasteiger partial charge in [-0.3, -0.25) is 14.5 Å². The van der Waals surface area contributed by atoms with Crippen LogP contribution in [0.4, 0.5) is 0 Å². The van der Waals surface area contributed by atoms with Gasteiger partial charge in [-0.15, -0.1) is 0 Å². The van der Waals surface area contributed by atoms with Crippen LogP contribution in [0.2, 0.25) is 5.15 Å². The van der Waals surface area contributed by atoms with E-state index in [1.165, 1.54) is 0 Å². The molecule has 0 fully saturated rings. The van der Waals surface area contributed by atoms with Crippen molar-refractivity contribution in [1.82, 2.24) is 14.8 Å². The number of hydrogen-bond acceptors (Lipinski definition) is 3. The number of rotatable bonds is 3. The van der Waals surface area contributed by atoms with Crippen LogP contribution in [0.1, 0.15) is 27.3 Å². The number of nitrogens with zero attached hydrogens (tertiary/aromatic N) is 3. The molecule has 5 heteroatoms. The summed E-state index contributed by atoms with van der Waals surface area (Å²) in [4.78, 5) is 16.3. The summed E-state index contributed by atoms with van der Waals surface area (Å²) >= 11 is 6.11. The standard InChI is InChI=1S/C13H14ClN3O/c1-8-5-4-6-15-12(8)11(18)7-10-9(2)16-17(3)13(10)14/h4-6H,7H2,1-3H3. The van der Waals surface area contributed by atoms with Crippen LogP contribution in [0.3, 0.4) is 0 Å². The second kappa shape index (κ2) is 4.90. The predicted molar refractivity (Wildman–Crippen MR) is 70.0 cm³/mol. The molecule has 0 bridgehead atoms. The molecule has 0 radical (unpaired) electrons. The molecule has 0 aliphatic heterocycles. The maximum Gasteiger partial charge on any atom is 0.185 e. The number of aromatic nitrogens is 3. The fourth-order valence-electron chi connectivity index (χ4n) is 1.90. The lowest BCUT2D eigenvalue weighted by atomic mass is 10.0. The minimum atomic E-state index is -0.0360. The summed E-state index contributed by atoms with van der Waals surface area (Å²) < 4.78 is 1.57. The number of carbonyl (C=O) groups is 1. The normalized spacial score (nSPS) is 10.7. The highest BCUT2D eigenvalue weighted by molar-refractivity contribution is 6.30. The minimum Gasteiger partial charge on any atom is -0.292 e. The molecule has 0 aliphatic carbocycles. The molecule has 94 valence electrons. The van der Waals surface area contributed by atoms with Gasteiger partial charge >= 0.3 is 0 Å². The first-order valence-corrected chi connectivity index (χ1v) is 6.01. The smallest absolute Gasteiger partial charge is 0.185 e. The van der Waals surface area contributed by atoms with Crippen molar-refractivity contribution in [2.24, 2.45) is 7.05 Å². The monoisotopic (exact) mass is 263 g/mol. The van der Waals surface area contributed by atoms with Gasteiger partial charge in [-0.2, -0.15) is 5.10 Å². The Morgan fingerprint density at radius 2 is 2.17 bits per heavy atom. The number of aryl methyl sites for hydroxylation is 3. The van der Waals surface area contributed by atoms with E-state index in [1.807, 2.05) is 26.0 Å². The Balaban J connectivity index is 2.30. The Morgan fingerprint density at radius 3 is 2.72 bits per heavy atom. The zero-order chi connectivity index (χ0) is 13.3. The molecule has 2 aromatic rings. The highest BCUT2D eigenvalue weighted by Crippen LogP contribution is 2.20. The number of ketones is 1. The van der Waals surface area contributed by atoms with Gasteiger partial charge in [0.25, 0.3) is 0 Å².